The molecule has 0 saturated carbocycles. The fraction of sp³-hybridized carbons (Fsp3) is 0.0769. The Morgan fingerprint density at radius 1 is 1.30 bits per heavy atom. The Morgan fingerprint density at radius 3 is 2.55 bits per heavy atom. The van der Waals surface area contributed by atoms with Gasteiger partial charge in [0.25, 0.3) is 0 Å². The number of hydrogen-bond donors (Lipinski definition) is 2. The van der Waals surface area contributed by atoms with Crippen molar-refractivity contribution in [2.45, 2.75) is 6.61 Å². The Balaban J connectivity index is 2.13. The van der Waals surface area contributed by atoms with E-state index in [9.17, 15) is 4.39 Å². The number of pyridine rings is 1. The van der Waals surface area contributed by atoms with Gasteiger partial charge in [-0.25, -0.2) is 9.37 Å². The highest BCUT2D eigenvalue weighted by Gasteiger charge is 2.06. The number of aromatic nitrogens is 1. The van der Waals surface area contributed by atoms with E-state index >= 15 is 0 Å². The molecule has 1 aromatic carbocycles. The number of benzene rings is 1. The smallest absolute Gasteiger partial charge is 0.146 e. The van der Waals surface area contributed by atoms with Crippen molar-refractivity contribution in [3.63, 3.8) is 0 Å². The lowest BCUT2D eigenvalue weighted by molar-refractivity contribution is 0.282. The summed E-state index contributed by atoms with van der Waals surface area (Å²) in [5, 5.41) is 13.7. The lowest BCUT2D eigenvalue weighted by Gasteiger charge is -2.05. The zero-order valence-electron chi connectivity index (χ0n) is 10.1. The lowest BCUT2D eigenvalue weighted by atomic mass is 10.1. The summed E-state index contributed by atoms with van der Waals surface area (Å²) in [5.74, 6) is -0.0351. The molecule has 0 bridgehead atoms. The molecule has 2 N–H and O–H groups in total. The van der Waals surface area contributed by atoms with E-state index in [-0.39, 0.29) is 6.61 Å². The number of rotatable bonds is 4. The summed E-state index contributed by atoms with van der Waals surface area (Å²) in [6, 6.07) is 5.92. The number of nitrogens with one attached hydrogen (secondary N) is 1. The van der Waals surface area contributed by atoms with E-state index in [0.29, 0.717) is 27.0 Å². The van der Waals surface area contributed by atoms with E-state index in [4.69, 9.17) is 28.3 Å². The van der Waals surface area contributed by atoms with E-state index in [0.717, 1.165) is 6.20 Å². The van der Waals surface area contributed by atoms with Crippen LogP contribution in [0.5, 0.6) is 0 Å². The Morgan fingerprint density at radius 2 is 2.00 bits per heavy atom. The van der Waals surface area contributed by atoms with Gasteiger partial charge < -0.3 is 5.11 Å². The predicted octanol–water partition coefficient (Wildman–Crippen LogP) is 3.47. The molecule has 7 heteroatoms. The van der Waals surface area contributed by atoms with Crippen LogP contribution in [0.1, 0.15) is 11.1 Å². The summed E-state index contributed by atoms with van der Waals surface area (Å²) >= 11 is 12.1. The van der Waals surface area contributed by atoms with E-state index in [1.165, 1.54) is 18.3 Å². The van der Waals surface area contributed by atoms with Gasteiger partial charge in [0.05, 0.1) is 29.1 Å². The highest BCUT2D eigenvalue weighted by atomic mass is 35.5. The molecule has 0 spiro atoms. The van der Waals surface area contributed by atoms with Crippen LogP contribution in [0.4, 0.5) is 10.2 Å². The van der Waals surface area contributed by atoms with Crippen molar-refractivity contribution in [3.05, 3.63) is 57.5 Å². The number of hydrazone groups is 1. The normalized spacial score (nSPS) is 11.0. The van der Waals surface area contributed by atoms with Crippen molar-refractivity contribution < 1.29 is 9.50 Å². The number of hydrogen-bond acceptors (Lipinski definition) is 4. The van der Waals surface area contributed by atoms with E-state index < -0.39 is 5.82 Å². The van der Waals surface area contributed by atoms with Crippen LogP contribution in [-0.2, 0) is 6.61 Å². The quantitative estimate of drug-likeness (QED) is 0.671. The van der Waals surface area contributed by atoms with E-state index in [2.05, 4.69) is 15.5 Å². The average Bonchev–Trinajstić information content (AvgIpc) is 2.43. The van der Waals surface area contributed by atoms with Crippen LogP contribution < -0.4 is 5.43 Å². The zero-order valence-corrected chi connectivity index (χ0v) is 11.7. The summed E-state index contributed by atoms with van der Waals surface area (Å²) in [7, 11) is 0. The molecule has 1 heterocycles. The summed E-state index contributed by atoms with van der Waals surface area (Å²) < 4.78 is 12.7. The van der Waals surface area contributed by atoms with Crippen LogP contribution >= 0.6 is 23.2 Å². The molecule has 20 heavy (non-hydrogen) atoms. The molecule has 104 valence electrons. The summed E-state index contributed by atoms with van der Waals surface area (Å²) in [6.07, 6.45) is 2.50. The fourth-order valence-corrected chi connectivity index (χ4v) is 2.09. The number of anilines is 1. The van der Waals surface area contributed by atoms with Crippen LogP contribution in [0.15, 0.2) is 35.6 Å². The average molecular weight is 314 g/mol. The minimum atomic E-state index is -0.426. The SMILES string of the molecule is OCc1cc(Cl)c(C=NNc2ccc(F)cn2)c(Cl)c1. The maximum atomic E-state index is 12.7. The molecule has 0 radical (unpaired) electrons. The van der Waals surface area contributed by atoms with Crippen LogP contribution in [0.2, 0.25) is 10.0 Å². The summed E-state index contributed by atoms with van der Waals surface area (Å²) in [6.45, 7) is -0.144. The molecule has 0 atom stereocenters. The second kappa shape index (κ2) is 6.65. The predicted molar refractivity (Wildman–Crippen MR) is 77.8 cm³/mol. The molecule has 0 saturated heterocycles. The van der Waals surface area contributed by atoms with Gasteiger partial charge in [-0.05, 0) is 29.8 Å². The fourth-order valence-electron chi connectivity index (χ4n) is 1.46. The Labute approximate surface area is 124 Å². The third-order valence-corrected chi connectivity index (χ3v) is 3.05. The van der Waals surface area contributed by atoms with Gasteiger partial charge in [0.2, 0.25) is 0 Å². The number of aliphatic hydroxyl groups is 1. The molecular weight excluding hydrogens is 304 g/mol. The first-order valence-electron chi connectivity index (χ1n) is 5.59. The van der Waals surface area contributed by atoms with Crippen LogP contribution in [0, 0.1) is 5.82 Å². The molecule has 1 aromatic heterocycles. The number of aliphatic hydroxyl groups excluding tert-OH is 1. The molecule has 0 aliphatic carbocycles. The maximum Gasteiger partial charge on any atom is 0.146 e. The second-order valence-electron chi connectivity index (χ2n) is 3.86. The molecule has 0 unspecified atom stereocenters. The van der Waals surface area contributed by atoms with E-state index in [1.54, 1.807) is 12.1 Å². The topological polar surface area (TPSA) is 57.5 Å². The summed E-state index contributed by atoms with van der Waals surface area (Å²) in [4.78, 5) is 3.78. The zero-order chi connectivity index (χ0) is 14.5. The third-order valence-electron chi connectivity index (χ3n) is 2.42. The van der Waals surface area contributed by atoms with Crippen LogP contribution in [0.25, 0.3) is 0 Å². The molecular formula is C13H10Cl2FN3O. The van der Waals surface area contributed by atoms with Crippen molar-refractivity contribution in [3.8, 4) is 0 Å². The highest BCUT2D eigenvalue weighted by Crippen LogP contribution is 2.25. The van der Waals surface area contributed by atoms with Crippen molar-refractivity contribution in [1.29, 1.82) is 0 Å². The van der Waals surface area contributed by atoms with Gasteiger partial charge in [-0.1, -0.05) is 23.2 Å². The molecule has 0 aliphatic heterocycles. The minimum Gasteiger partial charge on any atom is -0.392 e. The molecule has 0 amide bonds. The van der Waals surface area contributed by atoms with Gasteiger partial charge in [-0.2, -0.15) is 5.10 Å². The molecule has 0 fully saturated rings. The van der Waals surface area contributed by atoms with Crippen molar-refractivity contribution in [2.24, 2.45) is 5.10 Å². The van der Waals surface area contributed by atoms with Crippen molar-refractivity contribution >= 4 is 35.2 Å². The maximum absolute atomic E-state index is 12.7. The lowest BCUT2D eigenvalue weighted by Crippen LogP contribution is -1.95. The molecule has 2 rings (SSSR count). The summed E-state index contributed by atoms with van der Waals surface area (Å²) in [5.41, 5.74) is 3.76. The van der Waals surface area contributed by atoms with Gasteiger partial charge in [0.15, 0.2) is 0 Å². The number of halogens is 3. The first-order valence-corrected chi connectivity index (χ1v) is 6.35. The van der Waals surface area contributed by atoms with Crippen molar-refractivity contribution in [1.82, 2.24) is 4.98 Å². The minimum absolute atomic E-state index is 0.144. The van der Waals surface area contributed by atoms with Gasteiger partial charge in [-0.3, -0.25) is 5.43 Å². The van der Waals surface area contributed by atoms with E-state index in [1.807, 2.05) is 0 Å². The molecule has 0 aliphatic rings. The number of nitrogens with zero attached hydrogens (tertiary/aromatic N) is 2. The monoisotopic (exact) mass is 313 g/mol. The first kappa shape index (κ1) is 14.7. The van der Waals surface area contributed by atoms with Gasteiger partial charge in [0.1, 0.15) is 11.6 Å². The van der Waals surface area contributed by atoms with Crippen molar-refractivity contribution in [2.75, 3.05) is 5.43 Å². The third kappa shape index (κ3) is 3.66. The van der Waals surface area contributed by atoms with Gasteiger partial charge >= 0.3 is 0 Å². The standard InChI is InChI=1S/C13H10Cl2FN3O/c14-11-3-8(7-20)4-12(15)10(11)6-18-19-13-2-1-9(16)5-17-13/h1-6,20H,7H2,(H,17,19). The van der Waals surface area contributed by atoms with Gasteiger partial charge in [0, 0.05) is 5.56 Å². The second-order valence-corrected chi connectivity index (χ2v) is 4.68. The largest absolute Gasteiger partial charge is 0.392 e. The van der Waals surface area contributed by atoms with Gasteiger partial charge in [-0.15, -0.1) is 0 Å². The Bertz CT molecular complexity index is 609. The van der Waals surface area contributed by atoms with Crippen LogP contribution in [0.3, 0.4) is 0 Å². The first-order chi connectivity index (χ1) is 9.60. The molecule has 2 aromatic rings. The Hall–Kier alpha value is -1.69. The highest BCUT2D eigenvalue weighted by molar-refractivity contribution is 6.38. The molecule has 4 nitrogen and oxygen atoms in total. The Kier molecular flexibility index (Phi) is 4.89. The van der Waals surface area contributed by atoms with Crippen LogP contribution in [-0.4, -0.2) is 16.3 Å².